The van der Waals surface area contributed by atoms with E-state index in [-0.39, 0.29) is 37.4 Å². The number of amides is 4. The monoisotopic (exact) mass is 528 g/mol. The smallest absolute Gasteiger partial charge is 0.350 e. The topological polar surface area (TPSA) is 81.8 Å². The van der Waals surface area contributed by atoms with Crippen molar-refractivity contribution in [1.82, 2.24) is 15.1 Å². The highest BCUT2D eigenvalue weighted by molar-refractivity contribution is 5.98. The van der Waals surface area contributed by atoms with Crippen LogP contribution in [-0.4, -0.2) is 53.3 Å². The van der Waals surface area contributed by atoms with E-state index in [0.29, 0.717) is 0 Å². The summed E-state index contributed by atoms with van der Waals surface area (Å²) >= 11 is 0. The summed E-state index contributed by atoms with van der Waals surface area (Å²) in [5, 5.41) is 5.32. The van der Waals surface area contributed by atoms with Crippen molar-refractivity contribution in [3.8, 4) is 0 Å². The molecule has 198 valence electrons. The summed E-state index contributed by atoms with van der Waals surface area (Å²) in [6.45, 7) is 0.133. The van der Waals surface area contributed by atoms with Gasteiger partial charge in [0.15, 0.2) is 0 Å². The molecule has 0 aliphatic carbocycles. The molecule has 1 unspecified atom stereocenters. The van der Waals surface area contributed by atoms with E-state index < -0.39 is 41.4 Å². The van der Waals surface area contributed by atoms with Gasteiger partial charge >= 0.3 is 12.2 Å². The minimum Gasteiger partial charge on any atom is -0.350 e. The largest absolute Gasteiger partial charge is 0.416 e. The summed E-state index contributed by atoms with van der Waals surface area (Å²) in [5.41, 5.74) is 0.330. The number of urea groups is 1. The lowest BCUT2D eigenvalue weighted by molar-refractivity contribution is -0.137. The Hall–Kier alpha value is -4.41. The molecule has 11 heteroatoms. The number of hydrogen-bond donors (Lipinski definition) is 2. The van der Waals surface area contributed by atoms with E-state index in [2.05, 4.69) is 10.6 Å². The average Bonchev–Trinajstić information content (AvgIpc) is 2.92. The Balaban J connectivity index is 1.49. The first-order valence-electron chi connectivity index (χ1n) is 11.7. The first-order valence-corrected chi connectivity index (χ1v) is 11.7. The third-order valence-electron chi connectivity index (χ3n) is 6.10. The maximum absolute atomic E-state index is 13.4. The second kappa shape index (κ2) is 11.3. The summed E-state index contributed by atoms with van der Waals surface area (Å²) in [4.78, 5) is 41.9. The van der Waals surface area contributed by atoms with Crippen molar-refractivity contribution in [2.75, 3.05) is 25.0 Å². The maximum Gasteiger partial charge on any atom is 0.416 e. The molecular weight excluding hydrogens is 504 g/mol. The number of halogens is 4. The molecule has 4 amide bonds. The van der Waals surface area contributed by atoms with Gasteiger partial charge in [0.25, 0.3) is 5.91 Å². The van der Waals surface area contributed by atoms with Crippen molar-refractivity contribution in [2.24, 2.45) is 0 Å². The van der Waals surface area contributed by atoms with Gasteiger partial charge in [0, 0.05) is 30.9 Å². The summed E-state index contributed by atoms with van der Waals surface area (Å²) in [7, 11) is 0. The van der Waals surface area contributed by atoms with Crippen LogP contribution in [-0.2, 0) is 17.5 Å². The molecule has 0 bridgehead atoms. The van der Waals surface area contributed by atoms with Crippen LogP contribution in [0.25, 0.3) is 0 Å². The Morgan fingerprint density at radius 1 is 0.868 bits per heavy atom. The molecule has 1 saturated heterocycles. The van der Waals surface area contributed by atoms with Gasteiger partial charge in [-0.2, -0.15) is 13.2 Å². The van der Waals surface area contributed by atoms with Crippen LogP contribution in [0.15, 0.2) is 78.9 Å². The molecule has 0 spiro atoms. The van der Waals surface area contributed by atoms with Gasteiger partial charge in [0.05, 0.1) is 12.1 Å². The van der Waals surface area contributed by atoms with E-state index in [4.69, 9.17) is 0 Å². The van der Waals surface area contributed by atoms with Gasteiger partial charge < -0.3 is 20.4 Å². The number of carbonyl (C=O) groups is 3. The van der Waals surface area contributed by atoms with Crippen molar-refractivity contribution in [2.45, 2.75) is 18.8 Å². The molecular formula is C27H24F4N4O3. The van der Waals surface area contributed by atoms with E-state index in [1.165, 1.54) is 21.9 Å². The molecule has 4 rings (SSSR count). The number of alkyl halides is 3. The number of rotatable bonds is 5. The van der Waals surface area contributed by atoms with Gasteiger partial charge in [-0.1, -0.05) is 30.3 Å². The third-order valence-corrected chi connectivity index (χ3v) is 6.10. The first-order chi connectivity index (χ1) is 18.1. The zero-order valence-corrected chi connectivity index (χ0v) is 20.0. The van der Waals surface area contributed by atoms with Crippen LogP contribution in [0.3, 0.4) is 0 Å². The van der Waals surface area contributed by atoms with Crippen LogP contribution in [0.5, 0.6) is 0 Å². The van der Waals surface area contributed by atoms with Gasteiger partial charge in [0.2, 0.25) is 5.91 Å². The Labute approximate surface area is 216 Å². The van der Waals surface area contributed by atoms with Crippen LogP contribution >= 0.6 is 0 Å². The zero-order chi connectivity index (χ0) is 27.3. The third kappa shape index (κ3) is 6.47. The second-order valence-electron chi connectivity index (χ2n) is 8.68. The predicted molar refractivity (Wildman–Crippen MR) is 132 cm³/mol. The van der Waals surface area contributed by atoms with Crippen molar-refractivity contribution < 1.29 is 31.9 Å². The lowest BCUT2D eigenvalue weighted by atomic mass is 10.1. The molecule has 3 aromatic carbocycles. The SMILES string of the molecule is O=C(NCc1ccccc1)C1CN(C(=O)Nc2ccc(C(F)(F)F)cc2)CCN1C(=O)c1ccc(F)cc1. The fourth-order valence-electron chi connectivity index (χ4n) is 4.04. The fourth-order valence-corrected chi connectivity index (χ4v) is 4.04. The lowest BCUT2D eigenvalue weighted by Gasteiger charge is -2.40. The Kier molecular flexibility index (Phi) is 7.94. The molecule has 1 heterocycles. The number of nitrogens with zero attached hydrogens (tertiary/aromatic N) is 2. The van der Waals surface area contributed by atoms with Crippen molar-refractivity contribution in [3.05, 3.63) is 101 Å². The molecule has 0 aromatic heterocycles. The molecule has 2 N–H and O–H groups in total. The van der Waals surface area contributed by atoms with Crippen LogP contribution < -0.4 is 10.6 Å². The van der Waals surface area contributed by atoms with E-state index in [9.17, 15) is 31.9 Å². The highest BCUT2D eigenvalue weighted by Crippen LogP contribution is 2.30. The molecule has 1 fully saturated rings. The van der Waals surface area contributed by atoms with E-state index in [0.717, 1.165) is 42.0 Å². The van der Waals surface area contributed by atoms with Gasteiger partial charge in [-0.25, -0.2) is 9.18 Å². The summed E-state index contributed by atoms with van der Waals surface area (Å²) < 4.78 is 51.8. The Morgan fingerprint density at radius 2 is 1.53 bits per heavy atom. The van der Waals surface area contributed by atoms with E-state index in [1.807, 2.05) is 30.3 Å². The molecule has 7 nitrogen and oxygen atoms in total. The van der Waals surface area contributed by atoms with E-state index in [1.54, 1.807) is 0 Å². The highest BCUT2D eigenvalue weighted by atomic mass is 19.4. The van der Waals surface area contributed by atoms with Crippen LogP contribution in [0.4, 0.5) is 28.0 Å². The highest BCUT2D eigenvalue weighted by Gasteiger charge is 2.37. The van der Waals surface area contributed by atoms with Crippen molar-refractivity contribution in [3.63, 3.8) is 0 Å². The zero-order valence-electron chi connectivity index (χ0n) is 20.0. The number of hydrogen-bond acceptors (Lipinski definition) is 3. The maximum atomic E-state index is 13.4. The normalized spacial score (nSPS) is 15.6. The predicted octanol–water partition coefficient (Wildman–Crippen LogP) is 4.52. The number of carbonyl (C=O) groups excluding carboxylic acids is 3. The van der Waals surface area contributed by atoms with Crippen LogP contribution in [0.1, 0.15) is 21.5 Å². The number of anilines is 1. The number of piperazine rings is 1. The molecule has 38 heavy (non-hydrogen) atoms. The summed E-state index contributed by atoms with van der Waals surface area (Å²) in [6, 6.07) is 16.4. The average molecular weight is 529 g/mol. The molecule has 1 atom stereocenters. The number of benzene rings is 3. The minimum atomic E-state index is -4.50. The Morgan fingerprint density at radius 3 is 2.16 bits per heavy atom. The molecule has 3 aromatic rings. The van der Waals surface area contributed by atoms with Crippen LogP contribution in [0, 0.1) is 5.82 Å². The van der Waals surface area contributed by atoms with Gasteiger partial charge in [-0.05, 0) is 54.1 Å². The minimum absolute atomic E-state index is 0.0140. The molecule has 1 aliphatic heterocycles. The van der Waals surface area contributed by atoms with Crippen molar-refractivity contribution >= 4 is 23.5 Å². The first kappa shape index (κ1) is 26.6. The molecule has 0 saturated carbocycles. The second-order valence-corrected chi connectivity index (χ2v) is 8.68. The van der Waals surface area contributed by atoms with Gasteiger partial charge in [-0.15, -0.1) is 0 Å². The summed E-state index contributed by atoms with van der Waals surface area (Å²) in [5.74, 6) is -1.49. The fraction of sp³-hybridized carbons (Fsp3) is 0.222. The summed E-state index contributed by atoms with van der Waals surface area (Å²) in [6.07, 6.45) is -4.50. The Bertz CT molecular complexity index is 1280. The number of nitrogens with one attached hydrogen (secondary N) is 2. The van der Waals surface area contributed by atoms with Crippen LogP contribution in [0.2, 0.25) is 0 Å². The quantitative estimate of drug-likeness (QED) is 0.478. The lowest BCUT2D eigenvalue weighted by Crippen LogP contribution is -2.62. The van der Waals surface area contributed by atoms with E-state index >= 15 is 0 Å². The van der Waals surface area contributed by atoms with Gasteiger partial charge in [0.1, 0.15) is 11.9 Å². The standard InChI is InChI=1S/C27H24F4N4O3/c28-21-10-6-19(7-11-21)25(37)35-15-14-34(17-23(35)24(36)32-16-18-4-2-1-3-5-18)26(38)33-22-12-8-20(9-13-22)27(29,30)31/h1-13,23H,14-17H2,(H,32,36)(H,33,38). The molecule has 1 aliphatic rings. The van der Waals surface area contributed by atoms with Crippen molar-refractivity contribution in [1.29, 1.82) is 0 Å². The molecule has 0 radical (unpaired) electrons. The van der Waals surface area contributed by atoms with Gasteiger partial charge in [-0.3, -0.25) is 9.59 Å².